The van der Waals surface area contributed by atoms with Crippen molar-refractivity contribution in [2.75, 3.05) is 0 Å². The van der Waals surface area contributed by atoms with Crippen molar-refractivity contribution in [2.24, 2.45) is 29.6 Å². The van der Waals surface area contributed by atoms with Crippen molar-refractivity contribution in [1.82, 2.24) is 0 Å². The van der Waals surface area contributed by atoms with Crippen LogP contribution in [0.1, 0.15) is 135 Å². The fourth-order valence-electron chi connectivity index (χ4n) is 6.20. The molecule has 0 radical (unpaired) electrons. The number of aliphatic carboxylic acids is 4. The van der Waals surface area contributed by atoms with Crippen molar-refractivity contribution in [3.63, 3.8) is 0 Å². The Labute approximate surface area is 228 Å². The molecule has 1 fully saturated rings. The highest BCUT2D eigenvalue weighted by Gasteiger charge is 2.31. The van der Waals surface area contributed by atoms with Gasteiger partial charge in [-0.25, -0.2) is 0 Å². The fourth-order valence-corrected chi connectivity index (χ4v) is 6.20. The number of unbranched alkanes of at least 4 members (excludes halogenated alkanes) is 12. The largest absolute Gasteiger partial charge is 0.481 e. The summed E-state index contributed by atoms with van der Waals surface area (Å²) in [5.41, 5.74) is 0. The van der Waals surface area contributed by atoms with E-state index in [2.05, 4.69) is 6.92 Å². The van der Waals surface area contributed by atoms with Gasteiger partial charge in [0.1, 0.15) is 0 Å². The third-order valence-electron chi connectivity index (χ3n) is 8.40. The first-order chi connectivity index (χ1) is 18.1. The maximum atomic E-state index is 10.9. The van der Waals surface area contributed by atoms with Gasteiger partial charge in [-0.15, -0.1) is 0 Å². The summed E-state index contributed by atoms with van der Waals surface area (Å²) in [6.07, 6.45) is 20.7. The van der Waals surface area contributed by atoms with E-state index >= 15 is 0 Å². The molecule has 0 aromatic rings. The van der Waals surface area contributed by atoms with E-state index in [0.29, 0.717) is 12.8 Å². The molecule has 2 atom stereocenters. The summed E-state index contributed by atoms with van der Waals surface area (Å²) in [5.74, 6) is -4.96. The minimum absolute atomic E-state index is 0.218. The Hall–Kier alpha value is -2.12. The Kier molecular flexibility index (Phi) is 17.7. The van der Waals surface area contributed by atoms with Crippen LogP contribution in [0.15, 0.2) is 0 Å². The number of carboxylic acid groups (broad SMARTS) is 4. The molecule has 0 saturated heterocycles. The minimum Gasteiger partial charge on any atom is -0.481 e. The van der Waals surface area contributed by atoms with Crippen LogP contribution in [0.25, 0.3) is 0 Å². The van der Waals surface area contributed by atoms with Crippen molar-refractivity contribution in [2.45, 2.75) is 135 Å². The molecule has 0 aromatic carbocycles. The van der Waals surface area contributed by atoms with Gasteiger partial charge >= 0.3 is 23.9 Å². The van der Waals surface area contributed by atoms with Crippen LogP contribution in [0.5, 0.6) is 0 Å². The van der Waals surface area contributed by atoms with Crippen molar-refractivity contribution in [3.8, 4) is 0 Å². The lowest BCUT2D eigenvalue weighted by Crippen LogP contribution is -2.23. The van der Waals surface area contributed by atoms with Crippen molar-refractivity contribution >= 4 is 23.9 Å². The van der Waals surface area contributed by atoms with Gasteiger partial charge in [0.15, 0.2) is 11.8 Å². The molecule has 0 amide bonds. The summed E-state index contributed by atoms with van der Waals surface area (Å²) in [7, 11) is 0. The van der Waals surface area contributed by atoms with Crippen LogP contribution in [0.4, 0.5) is 0 Å². The molecule has 0 heterocycles. The molecule has 0 spiro atoms. The monoisotopic (exact) mass is 540 g/mol. The van der Waals surface area contributed by atoms with Crippen molar-refractivity contribution in [3.05, 3.63) is 0 Å². The van der Waals surface area contributed by atoms with Gasteiger partial charge in [-0.2, -0.15) is 0 Å². The van der Waals surface area contributed by atoms with Gasteiger partial charge in [0.25, 0.3) is 0 Å². The van der Waals surface area contributed by atoms with Crippen LogP contribution in [-0.2, 0) is 19.2 Å². The van der Waals surface area contributed by atoms with Crippen LogP contribution in [0.2, 0.25) is 0 Å². The van der Waals surface area contributed by atoms with Gasteiger partial charge in [-0.1, -0.05) is 110 Å². The summed E-state index contributed by atoms with van der Waals surface area (Å²) >= 11 is 0. The van der Waals surface area contributed by atoms with Crippen LogP contribution >= 0.6 is 0 Å². The van der Waals surface area contributed by atoms with Gasteiger partial charge in [0, 0.05) is 0 Å². The second kappa shape index (κ2) is 19.9. The summed E-state index contributed by atoms with van der Waals surface area (Å²) in [6, 6.07) is 0. The Bertz CT molecular complexity index is 620. The molecule has 1 saturated carbocycles. The van der Waals surface area contributed by atoms with E-state index in [1.807, 2.05) is 0 Å². The van der Waals surface area contributed by atoms with E-state index in [-0.39, 0.29) is 12.8 Å². The average Bonchev–Trinajstić information content (AvgIpc) is 3.19. The number of carbonyl (C=O) groups is 4. The van der Waals surface area contributed by atoms with E-state index in [1.54, 1.807) is 0 Å². The fraction of sp³-hybridized carbons (Fsp3) is 0.867. The molecule has 1 aliphatic carbocycles. The summed E-state index contributed by atoms with van der Waals surface area (Å²) in [6.45, 7) is 2.38. The first-order valence-corrected chi connectivity index (χ1v) is 15.0. The Morgan fingerprint density at radius 3 is 1.05 bits per heavy atom. The zero-order chi connectivity index (χ0) is 28.3. The zero-order valence-corrected chi connectivity index (χ0v) is 23.5. The molecular formula is C30H52O8. The van der Waals surface area contributed by atoms with E-state index in [1.165, 1.54) is 64.2 Å². The molecule has 1 rings (SSSR count). The molecule has 0 aromatic heterocycles. The predicted octanol–water partition coefficient (Wildman–Crippen LogP) is 7.24. The highest BCUT2D eigenvalue weighted by atomic mass is 16.4. The van der Waals surface area contributed by atoms with Crippen molar-refractivity contribution in [1.29, 1.82) is 0 Å². The first-order valence-electron chi connectivity index (χ1n) is 15.0. The van der Waals surface area contributed by atoms with Gasteiger partial charge in [0.2, 0.25) is 0 Å². The summed E-state index contributed by atoms with van der Waals surface area (Å²) in [5, 5.41) is 35.6. The zero-order valence-electron chi connectivity index (χ0n) is 23.5. The molecule has 0 aliphatic heterocycles. The third kappa shape index (κ3) is 14.7. The highest BCUT2D eigenvalue weighted by Crippen LogP contribution is 2.42. The second-order valence-electron chi connectivity index (χ2n) is 11.7. The molecule has 220 valence electrons. The average molecular weight is 541 g/mol. The lowest BCUT2D eigenvalue weighted by atomic mass is 9.86. The first kappa shape index (κ1) is 33.9. The van der Waals surface area contributed by atoms with E-state index in [0.717, 1.165) is 56.3 Å². The molecule has 8 heteroatoms. The Morgan fingerprint density at radius 2 is 0.763 bits per heavy atom. The normalized spacial score (nSPS) is 19.3. The molecule has 8 nitrogen and oxygen atoms in total. The molecular weight excluding hydrogens is 488 g/mol. The van der Waals surface area contributed by atoms with Gasteiger partial charge in [-0.05, 0) is 43.4 Å². The van der Waals surface area contributed by atoms with Crippen LogP contribution < -0.4 is 0 Å². The topological polar surface area (TPSA) is 149 Å². The lowest BCUT2D eigenvalue weighted by Gasteiger charge is -2.19. The molecule has 2 unspecified atom stereocenters. The van der Waals surface area contributed by atoms with E-state index < -0.39 is 35.7 Å². The standard InChI is InChI=1S/C30H52O8/c1-22-20-23(16-12-8-4-2-6-10-14-18-25(27(31)32)28(33)34)24(21-22)17-13-9-5-3-7-11-15-19-26(29(35)36)30(37)38/h22-26H,2-21H2,1H3,(H,31,32)(H,33,34)(H,35,36)(H,37,38). The van der Waals surface area contributed by atoms with Gasteiger partial charge < -0.3 is 20.4 Å². The minimum atomic E-state index is -1.27. The lowest BCUT2D eigenvalue weighted by molar-refractivity contribution is -0.156. The van der Waals surface area contributed by atoms with Crippen LogP contribution in [-0.4, -0.2) is 44.3 Å². The second-order valence-corrected chi connectivity index (χ2v) is 11.7. The third-order valence-corrected chi connectivity index (χ3v) is 8.40. The van der Waals surface area contributed by atoms with E-state index in [9.17, 15) is 19.2 Å². The predicted molar refractivity (Wildman–Crippen MR) is 146 cm³/mol. The molecule has 38 heavy (non-hydrogen) atoms. The Morgan fingerprint density at radius 1 is 0.500 bits per heavy atom. The summed E-state index contributed by atoms with van der Waals surface area (Å²) < 4.78 is 0. The number of rotatable bonds is 24. The summed E-state index contributed by atoms with van der Waals surface area (Å²) in [4.78, 5) is 43.6. The highest BCUT2D eigenvalue weighted by molar-refractivity contribution is 5.93. The number of hydrogen-bond donors (Lipinski definition) is 4. The molecule has 4 N–H and O–H groups in total. The van der Waals surface area contributed by atoms with Crippen molar-refractivity contribution < 1.29 is 39.6 Å². The van der Waals surface area contributed by atoms with E-state index in [4.69, 9.17) is 20.4 Å². The quantitative estimate of drug-likeness (QED) is 0.0739. The maximum Gasteiger partial charge on any atom is 0.317 e. The number of carboxylic acids is 4. The SMILES string of the molecule is CC1CC(CCCCCCCCCC(C(=O)O)C(=O)O)C(CCCCCCCCCC(C(=O)O)C(=O)O)C1. The van der Waals surface area contributed by atoms with Crippen LogP contribution in [0.3, 0.4) is 0 Å². The number of hydrogen-bond acceptors (Lipinski definition) is 4. The van der Waals surface area contributed by atoms with Gasteiger partial charge in [0.05, 0.1) is 0 Å². The van der Waals surface area contributed by atoms with Crippen LogP contribution in [0, 0.1) is 29.6 Å². The smallest absolute Gasteiger partial charge is 0.317 e. The molecule has 0 bridgehead atoms. The Balaban J connectivity index is 2.04. The maximum absolute atomic E-state index is 10.9. The van der Waals surface area contributed by atoms with Gasteiger partial charge in [-0.3, -0.25) is 19.2 Å². The molecule has 1 aliphatic rings.